The standard InChI is InChI=1S/C12H20N4/c13-12(14)11-7-8-16(15-11)9-10-5-3-1-2-4-6-10/h7-8,10H,1-6,9H2,(H3,13,14). The molecule has 88 valence electrons. The van der Waals surface area contributed by atoms with Crippen molar-refractivity contribution in [3.8, 4) is 0 Å². The number of hydrogen-bond acceptors (Lipinski definition) is 2. The smallest absolute Gasteiger partial charge is 0.143 e. The summed E-state index contributed by atoms with van der Waals surface area (Å²) in [5.41, 5.74) is 5.98. The summed E-state index contributed by atoms with van der Waals surface area (Å²) >= 11 is 0. The van der Waals surface area contributed by atoms with E-state index in [4.69, 9.17) is 11.1 Å². The van der Waals surface area contributed by atoms with Crippen LogP contribution < -0.4 is 5.73 Å². The summed E-state index contributed by atoms with van der Waals surface area (Å²) in [4.78, 5) is 0. The van der Waals surface area contributed by atoms with E-state index in [1.165, 1.54) is 38.5 Å². The minimum Gasteiger partial charge on any atom is -0.382 e. The summed E-state index contributed by atoms with van der Waals surface area (Å²) in [7, 11) is 0. The monoisotopic (exact) mass is 220 g/mol. The second-order valence-corrected chi connectivity index (χ2v) is 4.69. The topological polar surface area (TPSA) is 67.7 Å². The predicted octanol–water partition coefficient (Wildman–Crippen LogP) is 2.14. The highest BCUT2D eigenvalue weighted by Crippen LogP contribution is 2.23. The van der Waals surface area contributed by atoms with Crippen LogP contribution in [0.1, 0.15) is 44.2 Å². The van der Waals surface area contributed by atoms with Crippen molar-refractivity contribution in [2.75, 3.05) is 0 Å². The first-order valence-electron chi connectivity index (χ1n) is 6.13. The lowest BCUT2D eigenvalue weighted by atomic mass is 10.0. The van der Waals surface area contributed by atoms with Gasteiger partial charge in [0.2, 0.25) is 0 Å². The highest BCUT2D eigenvalue weighted by atomic mass is 15.3. The van der Waals surface area contributed by atoms with Gasteiger partial charge in [0.25, 0.3) is 0 Å². The summed E-state index contributed by atoms with van der Waals surface area (Å²) in [6.45, 7) is 0.979. The highest BCUT2D eigenvalue weighted by molar-refractivity contribution is 5.92. The van der Waals surface area contributed by atoms with Crippen molar-refractivity contribution in [1.82, 2.24) is 9.78 Å². The maximum absolute atomic E-state index is 7.31. The molecule has 1 aromatic heterocycles. The van der Waals surface area contributed by atoms with Crippen LogP contribution in [0, 0.1) is 11.3 Å². The third-order valence-electron chi connectivity index (χ3n) is 3.34. The van der Waals surface area contributed by atoms with E-state index >= 15 is 0 Å². The molecule has 0 bridgehead atoms. The molecule has 0 aliphatic heterocycles. The maximum Gasteiger partial charge on any atom is 0.143 e. The second-order valence-electron chi connectivity index (χ2n) is 4.69. The minimum atomic E-state index is 0.0552. The van der Waals surface area contributed by atoms with E-state index in [2.05, 4.69) is 5.10 Å². The highest BCUT2D eigenvalue weighted by Gasteiger charge is 2.13. The van der Waals surface area contributed by atoms with Gasteiger partial charge >= 0.3 is 0 Å². The number of aromatic nitrogens is 2. The van der Waals surface area contributed by atoms with E-state index in [0.717, 1.165) is 12.5 Å². The van der Waals surface area contributed by atoms with Crippen molar-refractivity contribution < 1.29 is 0 Å². The number of hydrogen-bond donors (Lipinski definition) is 2. The quantitative estimate of drug-likeness (QED) is 0.465. The number of nitrogens with zero attached hydrogens (tertiary/aromatic N) is 2. The molecule has 4 heteroatoms. The number of nitrogens with two attached hydrogens (primary N) is 1. The van der Waals surface area contributed by atoms with Crippen molar-refractivity contribution in [3.63, 3.8) is 0 Å². The van der Waals surface area contributed by atoms with Crippen molar-refractivity contribution in [3.05, 3.63) is 18.0 Å². The maximum atomic E-state index is 7.31. The fourth-order valence-electron chi connectivity index (χ4n) is 2.42. The molecular weight excluding hydrogens is 200 g/mol. The molecule has 0 saturated heterocycles. The average Bonchev–Trinajstić information content (AvgIpc) is 2.56. The largest absolute Gasteiger partial charge is 0.382 e. The van der Waals surface area contributed by atoms with Gasteiger partial charge in [-0.1, -0.05) is 25.7 Å². The fraction of sp³-hybridized carbons (Fsp3) is 0.667. The van der Waals surface area contributed by atoms with E-state index in [1.54, 1.807) is 0 Å². The molecule has 0 amide bonds. The van der Waals surface area contributed by atoms with Gasteiger partial charge in [-0.2, -0.15) is 5.10 Å². The molecule has 2 rings (SSSR count). The van der Waals surface area contributed by atoms with Crippen molar-refractivity contribution in [1.29, 1.82) is 5.41 Å². The molecule has 0 aromatic carbocycles. The van der Waals surface area contributed by atoms with E-state index in [9.17, 15) is 0 Å². The number of nitrogen functional groups attached to an aromatic ring is 1. The molecule has 1 aliphatic carbocycles. The first kappa shape index (κ1) is 11.2. The Bertz CT molecular complexity index is 348. The molecule has 3 N–H and O–H groups in total. The molecule has 16 heavy (non-hydrogen) atoms. The van der Waals surface area contributed by atoms with E-state index in [0.29, 0.717) is 5.69 Å². The van der Waals surface area contributed by atoms with Gasteiger partial charge in [-0.15, -0.1) is 0 Å². The molecule has 0 spiro atoms. The first-order chi connectivity index (χ1) is 7.75. The number of rotatable bonds is 3. The van der Waals surface area contributed by atoms with Crippen LogP contribution >= 0.6 is 0 Å². The van der Waals surface area contributed by atoms with E-state index < -0.39 is 0 Å². The van der Waals surface area contributed by atoms with E-state index in [1.807, 2.05) is 16.9 Å². The van der Waals surface area contributed by atoms with Crippen LogP contribution in [0.5, 0.6) is 0 Å². The van der Waals surface area contributed by atoms with Gasteiger partial charge in [0.05, 0.1) is 0 Å². The normalized spacial score (nSPS) is 18.2. The molecule has 4 nitrogen and oxygen atoms in total. The zero-order chi connectivity index (χ0) is 11.4. The summed E-state index contributed by atoms with van der Waals surface area (Å²) in [6.07, 6.45) is 10.0. The zero-order valence-corrected chi connectivity index (χ0v) is 9.65. The lowest BCUT2D eigenvalue weighted by Crippen LogP contribution is -2.15. The fourth-order valence-corrected chi connectivity index (χ4v) is 2.42. The Morgan fingerprint density at radius 1 is 1.38 bits per heavy atom. The van der Waals surface area contributed by atoms with Crippen LogP contribution in [-0.4, -0.2) is 15.6 Å². The molecule has 0 atom stereocenters. The third-order valence-corrected chi connectivity index (χ3v) is 3.34. The van der Waals surface area contributed by atoms with Crippen LogP contribution in [-0.2, 0) is 6.54 Å². The summed E-state index contributed by atoms with van der Waals surface area (Å²) < 4.78 is 1.94. The Kier molecular flexibility index (Phi) is 3.59. The minimum absolute atomic E-state index is 0.0552. The Hall–Kier alpha value is -1.32. The van der Waals surface area contributed by atoms with Gasteiger partial charge in [-0.25, -0.2) is 0 Å². The molecule has 1 saturated carbocycles. The third kappa shape index (κ3) is 2.84. The second kappa shape index (κ2) is 5.14. The molecule has 1 heterocycles. The van der Waals surface area contributed by atoms with Crippen LogP contribution in [0.3, 0.4) is 0 Å². The van der Waals surface area contributed by atoms with Crippen LogP contribution in [0.25, 0.3) is 0 Å². The van der Waals surface area contributed by atoms with Gasteiger partial charge in [-0.3, -0.25) is 10.1 Å². The first-order valence-corrected chi connectivity index (χ1v) is 6.13. The van der Waals surface area contributed by atoms with Crippen LogP contribution in [0.2, 0.25) is 0 Å². The summed E-state index contributed by atoms with van der Waals surface area (Å²) in [5, 5.41) is 11.6. The van der Waals surface area contributed by atoms with Gasteiger partial charge in [0, 0.05) is 12.7 Å². The number of nitrogens with one attached hydrogen (secondary N) is 1. The molecule has 1 aromatic rings. The zero-order valence-electron chi connectivity index (χ0n) is 9.65. The van der Waals surface area contributed by atoms with Gasteiger partial charge in [-0.05, 0) is 24.8 Å². The van der Waals surface area contributed by atoms with Crippen LogP contribution in [0.15, 0.2) is 12.3 Å². The van der Waals surface area contributed by atoms with Crippen LogP contribution in [0.4, 0.5) is 0 Å². The van der Waals surface area contributed by atoms with Crippen molar-refractivity contribution in [2.24, 2.45) is 11.7 Å². The summed E-state index contributed by atoms with van der Waals surface area (Å²) in [6, 6.07) is 1.82. The Labute approximate surface area is 96.3 Å². The van der Waals surface area contributed by atoms with Gasteiger partial charge in [0.15, 0.2) is 0 Å². The van der Waals surface area contributed by atoms with Crippen molar-refractivity contribution in [2.45, 2.75) is 45.1 Å². The van der Waals surface area contributed by atoms with Gasteiger partial charge in [0.1, 0.15) is 11.5 Å². The Morgan fingerprint density at radius 3 is 2.62 bits per heavy atom. The molecule has 1 fully saturated rings. The predicted molar refractivity (Wildman–Crippen MR) is 64.4 cm³/mol. The average molecular weight is 220 g/mol. The summed E-state index contributed by atoms with van der Waals surface area (Å²) in [5.74, 6) is 0.807. The Morgan fingerprint density at radius 2 is 2.06 bits per heavy atom. The molecule has 0 unspecified atom stereocenters. The SMILES string of the molecule is N=C(N)c1ccn(CC2CCCCCC2)n1. The molecular formula is C12H20N4. The lowest BCUT2D eigenvalue weighted by molar-refractivity contribution is 0.376. The molecule has 0 radical (unpaired) electrons. The number of amidine groups is 1. The lowest BCUT2D eigenvalue weighted by Gasteiger charge is -2.13. The molecule has 1 aliphatic rings. The van der Waals surface area contributed by atoms with Gasteiger partial charge < -0.3 is 5.73 Å². The van der Waals surface area contributed by atoms with Crippen molar-refractivity contribution >= 4 is 5.84 Å². The van der Waals surface area contributed by atoms with E-state index in [-0.39, 0.29) is 5.84 Å². The Balaban J connectivity index is 1.94.